The van der Waals surface area contributed by atoms with Crippen molar-refractivity contribution in [3.05, 3.63) is 29.6 Å². The molecule has 1 rings (SSSR count). The van der Waals surface area contributed by atoms with Gasteiger partial charge in [-0.3, -0.25) is 0 Å². The summed E-state index contributed by atoms with van der Waals surface area (Å²) in [6.07, 6.45) is 0. The van der Waals surface area contributed by atoms with Crippen molar-refractivity contribution in [2.75, 3.05) is 18.0 Å². The van der Waals surface area contributed by atoms with E-state index in [1.807, 2.05) is 17.9 Å². The third-order valence-corrected chi connectivity index (χ3v) is 3.19. The van der Waals surface area contributed by atoms with Crippen LogP contribution < -0.4 is 10.2 Å². The average Bonchev–Trinajstić information content (AvgIpc) is 2.32. The van der Waals surface area contributed by atoms with Crippen molar-refractivity contribution in [3.8, 4) is 0 Å². The predicted octanol–water partition coefficient (Wildman–Crippen LogP) is 3.31. The van der Waals surface area contributed by atoms with E-state index in [1.165, 1.54) is 6.07 Å². The maximum Gasteiger partial charge on any atom is 0.129 e. The number of nitrogens with one attached hydrogen (secondary N) is 1. The van der Waals surface area contributed by atoms with Gasteiger partial charge in [0, 0.05) is 36.4 Å². The van der Waals surface area contributed by atoms with E-state index in [2.05, 4.69) is 26.1 Å². The van der Waals surface area contributed by atoms with Crippen LogP contribution in [0.4, 0.5) is 10.1 Å². The Morgan fingerprint density at radius 2 is 1.81 bits per heavy atom. The van der Waals surface area contributed by atoms with E-state index in [-0.39, 0.29) is 11.4 Å². The summed E-state index contributed by atoms with van der Waals surface area (Å²) in [6.45, 7) is 13.4. The summed E-state index contributed by atoms with van der Waals surface area (Å²) in [5.74, 6) is -0.210. The number of benzene rings is 1. The number of likely N-dealkylation sites (N-methyl/N-ethyl adjacent to an activating group) is 1. The first-order chi connectivity index (χ1) is 9.53. The number of nitrogens with zero attached hydrogens (tertiary/aromatic N) is 1. The Morgan fingerprint density at radius 1 is 1.19 bits per heavy atom. The minimum absolute atomic E-state index is 0.0765. The summed E-state index contributed by atoms with van der Waals surface area (Å²) in [6, 6.07) is 5.12. The Hall–Kier alpha value is -1.13. The van der Waals surface area contributed by atoms with Crippen molar-refractivity contribution in [2.45, 2.75) is 59.2 Å². The smallest absolute Gasteiger partial charge is 0.129 e. The molecule has 0 saturated heterocycles. The van der Waals surface area contributed by atoms with E-state index in [0.717, 1.165) is 12.2 Å². The van der Waals surface area contributed by atoms with Gasteiger partial charge in [0.15, 0.2) is 0 Å². The van der Waals surface area contributed by atoms with Crippen LogP contribution in [0.2, 0.25) is 0 Å². The summed E-state index contributed by atoms with van der Waals surface area (Å²) < 4.78 is 14.2. The highest BCUT2D eigenvalue weighted by Gasteiger charge is 2.21. The topological polar surface area (TPSA) is 35.5 Å². The molecule has 4 heteroatoms. The predicted molar refractivity (Wildman–Crippen MR) is 87.2 cm³/mol. The first kappa shape index (κ1) is 17.9. The van der Waals surface area contributed by atoms with E-state index >= 15 is 0 Å². The highest BCUT2D eigenvalue weighted by molar-refractivity contribution is 5.54. The lowest BCUT2D eigenvalue weighted by molar-refractivity contribution is 0.0875. The number of rotatable bonds is 6. The summed E-state index contributed by atoms with van der Waals surface area (Å²) in [5, 5.41) is 13.4. The van der Waals surface area contributed by atoms with Crippen LogP contribution in [0.1, 0.15) is 47.1 Å². The van der Waals surface area contributed by atoms with Crippen LogP contribution in [0.25, 0.3) is 0 Å². The van der Waals surface area contributed by atoms with Gasteiger partial charge >= 0.3 is 0 Å². The van der Waals surface area contributed by atoms with E-state index in [4.69, 9.17) is 0 Å². The molecule has 0 unspecified atom stereocenters. The zero-order valence-corrected chi connectivity index (χ0v) is 14.1. The van der Waals surface area contributed by atoms with Crippen LogP contribution in [0.15, 0.2) is 18.2 Å². The highest BCUT2D eigenvalue weighted by Crippen LogP contribution is 2.25. The molecule has 120 valence electrons. The van der Waals surface area contributed by atoms with Crippen LogP contribution in [0.3, 0.4) is 0 Å². The van der Waals surface area contributed by atoms with Crippen LogP contribution in [-0.2, 0) is 6.54 Å². The fourth-order valence-corrected chi connectivity index (χ4v) is 2.21. The van der Waals surface area contributed by atoms with Gasteiger partial charge in [0.05, 0.1) is 5.60 Å². The molecule has 0 spiro atoms. The summed E-state index contributed by atoms with van der Waals surface area (Å²) in [4.78, 5) is 2.02. The van der Waals surface area contributed by atoms with Crippen molar-refractivity contribution in [3.63, 3.8) is 0 Å². The molecule has 1 aromatic carbocycles. The normalized spacial score (nSPS) is 12.6. The van der Waals surface area contributed by atoms with Crippen molar-refractivity contribution in [1.82, 2.24) is 5.32 Å². The molecule has 2 N–H and O–H groups in total. The monoisotopic (exact) mass is 296 g/mol. The Balaban J connectivity index is 3.07. The molecule has 0 bridgehead atoms. The second-order valence-corrected chi connectivity index (χ2v) is 7.17. The molecular weight excluding hydrogens is 267 g/mol. The van der Waals surface area contributed by atoms with Gasteiger partial charge in [-0.15, -0.1) is 0 Å². The molecule has 0 fully saturated rings. The molecule has 0 aliphatic rings. The van der Waals surface area contributed by atoms with Crippen LogP contribution in [0.5, 0.6) is 0 Å². The van der Waals surface area contributed by atoms with E-state index in [0.29, 0.717) is 18.7 Å². The first-order valence-electron chi connectivity index (χ1n) is 7.53. The number of hydrogen-bond acceptors (Lipinski definition) is 3. The molecule has 1 aromatic rings. The molecule has 3 nitrogen and oxygen atoms in total. The number of anilines is 1. The molecule has 21 heavy (non-hydrogen) atoms. The lowest BCUT2D eigenvalue weighted by Gasteiger charge is -2.32. The van der Waals surface area contributed by atoms with Crippen molar-refractivity contribution in [2.24, 2.45) is 0 Å². The van der Waals surface area contributed by atoms with Gasteiger partial charge in [-0.05, 0) is 53.7 Å². The summed E-state index contributed by atoms with van der Waals surface area (Å²) in [7, 11) is 0. The van der Waals surface area contributed by atoms with Gasteiger partial charge in [0.2, 0.25) is 0 Å². The lowest BCUT2D eigenvalue weighted by atomic mass is 10.0. The van der Waals surface area contributed by atoms with Crippen LogP contribution >= 0.6 is 0 Å². The van der Waals surface area contributed by atoms with Crippen molar-refractivity contribution in [1.29, 1.82) is 0 Å². The number of hydrogen-bond donors (Lipinski definition) is 2. The van der Waals surface area contributed by atoms with Gasteiger partial charge in [-0.1, -0.05) is 6.07 Å². The van der Waals surface area contributed by atoms with Gasteiger partial charge in [0.25, 0.3) is 0 Å². The molecule has 0 aromatic heterocycles. The third-order valence-electron chi connectivity index (χ3n) is 3.19. The fourth-order valence-electron chi connectivity index (χ4n) is 2.21. The summed E-state index contributed by atoms with van der Waals surface area (Å²) in [5.41, 5.74) is 0.596. The molecule has 0 heterocycles. The van der Waals surface area contributed by atoms with Gasteiger partial charge < -0.3 is 15.3 Å². The molecule has 0 aliphatic carbocycles. The average molecular weight is 296 g/mol. The van der Waals surface area contributed by atoms with E-state index < -0.39 is 5.60 Å². The quantitative estimate of drug-likeness (QED) is 0.845. The van der Waals surface area contributed by atoms with Gasteiger partial charge in [-0.2, -0.15) is 0 Å². The van der Waals surface area contributed by atoms with E-state index in [9.17, 15) is 9.50 Å². The first-order valence-corrected chi connectivity index (χ1v) is 7.53. The standard InChI is InChI=1S/C17H29FN2O/c1-7-20(12-17(5,6)21)15-10-8-9-14(18)13(15)11-19-16(2,3)4/h8-10,19,21H,7,11-12H2,1-6H3. The molecule has 0 atom stereocenters. The van der Waals surface area contributed by atoms with Gasteiger partial charge in [0.1, 0.15) is 5.82 Å². The number of aliphatic hydroxyl groups is 1. The minimum atomic E-state index is -0.822. The molecule has 0 saturated carbocycles. The van der Waals surface area contributed by atoms with Gasteiger partial charge in [-0.25, -0.2) is 4.39 Å². The molecule has 0 radical (unpaired) electrons. The molecular formula is C17H29FN2O. The zero-order chi connectivity index (χ0) is 16.3. The number of halogens is 1. The molecule has 0 amide bonds. The maximum atomic E-state index is 14.2. The maximum absolute atomic E-state index is 14.2. The fraction of sp³-hybridized carbons (Fsp3) is 0.647. The zero-order valence-electron chi connectivity index (χ0n) is 14.1. The lowest BCUT2D eigenvalue weighted by Crippen LogP contribution is -2.40. The highest BCUT2D eigenvalue weighted by atomic mass is 19.1. The summed E-state index contributed by atoms with van der Waals surface area (Å²) >= 11 is 0. The third kappa shape index (κ3) is 6.02. The second-order valence-electron chi connectivity index (χ2n) is 7.17. The van der Waals surface area contributed by atoms with E-state index in [1.54, 1.807) is 19.9 Å². The Labute approximate surface area is 128 Å². The Morgan fingerprint density at radius 3 is 2.29 bits per heavy atom. The largest absolute Gasteiger partial charge is 0.389 e. The van der Waals surface area contributed by atoms with Crippen molar-refractivity contribution < 1.29 is 9.50 Å². The second kappa shape index (κ2) is 6.75. The van der Waals surface area contributed by atoms with Crippen LogP contribution in [-0.4, -0.2) is 29.3 Å². The van der Waals surface area contributed by atoms with Crippen LogP contribution in [0, 0.1) is 5.82 Å². The SMILES string of the molecule is CCN(CC(C)(C)O)c1cccc(F)c1CNC(C)(C)C. The minimum Gasteiger partial charge on any atom is -0.389 e. The van der Waals surface area contributed by atoms with Crippen molar-refractivity contribution >= 4 is 5.69 Å². The Kier molecular flexibility index (Phi) is 5.76. The molecule has 0 aliphatic heterocycles. The Bertz CT molecular complexity index is 461.